The summed E-state index contributed by atoms with van der Waals surface area (Å²) in [7, 11) is 1.74. The summed E-state index contributed by atoms with van der Waals surface area (Å²) in [5.41, 5.74) is 0. The van der Waals surface area contributed by atoms with Crippen molar-refractivity contribution in [3.8, 4) is 5.88 Å². The van der Waals surface area contributed by atoms with Crippen molar-refractivity contribution in [2.24, 2.45) is 7.05 Å². The minimum Gasteiger partial charge on any atom is -0.466 e. The van der Waals surface area contributed by atoms with Crippen LogP contribution in [0.25, 0.3) is 0 Å². The third-order valence-corrected chi connectivity index (χ3v) is 1.42. The molecule has 0 bridgehead atoms. The number of hydrogen-bond acceptors (Lipinski definition) is 4. The van der Waals surface area contributed by atoms with Crippen LogP contribution in [-0.4, -0.2) is 29.0 Å². The first kappa shape index (κ1) is 9.57. The monoisotopic (exact) mass is 184 g/mol. The second-order valence-corrected chi connectivity index (χ2v) is 2.39. The molecule has 0 fully saturated rings. The van der Waals surface area contributed by atoms with Crippen LogP contribution in [0, 0.1) is 0 Å². The summed E-state index contributed by atoms with van der Waals surface area (Å²) >= 11 is 0. The lowest BCUT2D eigenvalue weighted by atomic mass is 10.6. The van der Waals surface area contributed by atoms with Gasteiger partial charge in [0.05, 0.1) is 12.8 Å². The number of ether oxygens (including phenoxy) is 2. The number of nitrogens with zero attached hydrogens (tertiary/aromatic N) is 2. The molecule has 0 saturated heterocycles. The first-order valence-electron chi connectivity index (χ1n) is 4.00. The number of rotatable bonds is 4. The topological polar surface area (TPSA) is 53.4 Å². The van der Waals surface area contributed by atoms with E-state index in [9.17, 15) is 4.79 Å². The lowest BCUT2D eigenvalue weighted by molar-refractivity contribution is -0.145. The Kier molecular flexibility index (Phi) is 3.31. The SMILES string of the molecule is CCOC(=O)COc1ccnn1C. The Morgan fingerprint density at radius 2 is 2.46 bits per heavy atom. The van der Waals surface area contributed by atoms with E-state index in [2.05, 4.69) is 9.84 Å². The molecule has 5 heteroatoms. The molecule has 0 radical (unpaired) electrons. The maximum atomic E-state index is 10.9. The molecule has 0 amide bonds. The standard InChI is InChI=1S/C8H12N2O3/c1-3-12-8(11)6-13-7-4-5-9-10(7)2/h4-5H,3,6H2,1-2H3. The van der Waals surface area contributed by atoms with Gasteiger partial charge in [0.15, 0.2) is 6.61 Å². The van der Waals surface area contributed by atoms with Crippen molar-refractivity contribution < 1.29 is 14.3 Å². The van der Waals surface area contributed by atoms with Crippen molar-refractivity contribution in [3.05, 3.63) is 12.3 Å². The first-order valence-corrected chi connectivity index (χ1v) is 4.00. The molecule has 1 heterocycles. The molecular formula is C8H12N2O3. The van der Waals surface area contributed by atoms with E-state index >= 15 is 0 Å². The van der Waals surface area contributed by atoms with E-state index in [1.165, 1.54) is 0 Å². The first-order chi connectivity index (χ1) is 6.24. The average Bonchev–Trinajstić information content (AvgIpc) is 2.48. The minimum atomic E-state index is -0.372. The highest BCUT2D eigenvalue weighted by Gasteiger charge is 2.04. The third-order valence-electron chi connectivity index (χ3n) is 1.42. The van der Waals surface area contributed by atoms with E-state index in [1.807, 2.05) is 0 Å². The van der Waals surface area contributed by atoms with E-state index in [0.29, 0.717) is 12.5 Å². The van der Waals surface area contributed by atoms with E-state index < -0.39 is 0 Å². The van der Waals surface area contributed by atoms with Crippen molar-refractivity contribution in [1.29, 1.82) is 0 Å². The highest BCUT2D eigenvalue weighted by atomic mass is 16.6. The number of aromatic nitrogens is 2. The van der Waals surface area contributed by atoms with Gasteiger partial charge in [-0.15, -0.1) is 0 Å². The molecule has 0 N–H and O–H groups in total. The van der Waals surface area contributed by atoms with Crippen LogP contribution < -0.4 is 4.74 Å². The predicted octanol–water partition coefficient (Wildman–Crippen LogP) is 0.362. The Morgan fingerprint density at radius 3 is 3.00 bits per heavy atom. The Hall–Kier alpha value is -1.52. The molecule has 0 unspecified atom stereocenters. The summed E-state index contributed by atoms with van der Waals surface area (Å²) in [5, 5.41) is 3.88. The molecule has 1 aromatic rings. The Labute approximate surface area is 76.3 Å². The normalized spacial score (nSPS) is 9.69. The van der Waals surface area contributed by atoms with Crippen LogP contribution in [0.1, 0.15) is 6.92 Å². The van der Waals surface area contributed by atoms with Gasteiger partial charge in [0, 0.05) is 13.1 Å². The fourth-order valence-corrected chi connectivity index (χ4v) is 0.839. The fraction of sp³-hybridized carbons (Fsp3) is 0.500. The highest BCUT2D eigenvalue weighted by Crippen LogP contribution is 2.06. The van der Waals surface area contributed by atoms with Gasteiger partial charge in [-0.1, -0.05) is 0 Å². The molecule has 5 nitrogen and oxygen atoms in total. The zero-order valence-electron chi connectivity index (χ0n) is 7.69. The molecule has 0 aliphatic carbocycles. The molecule has 1 rings (SSSR count). The van der Waals surface area contributed by atoms with Crippen LogP contribution >= 0.6 is 0 Å². The van der Waals surface area contributed by atoms with Gasteiger partial charge in [-0.2, -0.15) is 5.10 Å². The van der Waals surface area contributed by atoms with Crippen LogP contribution in [0.15, 0.2) is 12.3 Å². The molecule has 72 valence electrons. The zero-order chi connectivity index (χ0) is 9.68. The third kappa shape index (κ3) is 2.77. The Balaban J connectivity index is 2.35. The van der Waals surface area contributed by atoms with E-state index in [-0.39, 0.29) is 12.6 Å². The molecule has 0 saturated carbocycles. The van der Waals surface area contributed by atoms with Gasteiger partial charge in [-0.3, -0.25) is 0 Å². The summed E-state index contributed by atoms with van der Waals surface area (Å²) in [6.45, 7) is 2.04. The van der Waals surface area contributed by atoms with Crippen LogP contribution in [-0.2, 0) is 16.6 Å². The van der Waals surface area contributed by atoms with Crippen molar-refractivity contribution in [1.82, 2.24) is 9.78 Å². The highest BCUT2D eigenvalue weighted by molar-refractivity contribution is 5.70. The fourth-order valence-electron chi connectivity index (χ4n) is 0.839. The second kappa shape index (κ2) is 4.49. The van der Waals surface area contributed by atoms with Gasteiger partial charge in [-0.25, -0.2) is 9.48 Å². The van der Waals surface area contributed by atoms with Crippen molar-refractivity contribution in [2.75, 3.05) is 13.2 Å². The summed E-state index contributed by atoms with van der Waals surface area (Å²) in [6, 6.07) is 1.68. The average molecular weight is 184 g/mol. The predicted molar refractivity (Wildman–Crippen MR) is 45.3 cm³/mol. The largest absolute Gasteiger partial charge is 0.466 e. The number of carbonyl (C=O) groups excluding carboxylic acids is 1. The molecule has 1 aromatic heterocycles. The maximum Gasteiger partial charge on any atom is 0.344 e. The number of hydrogen-bond donors (Lipinski definition) is 0. The molecule has 0 spiro atoms. The molecule has 0 aliphatic heterocycles. The van der Waals surface area contributed by atoms with Gasteiger partial charge < -0.3 is 9.47 Å². The quantitative estimate of drug-likeness (QED) is 0.634. The van der Waals surface area contributed by atoms with Gasteiger partial charge in [0.2, 0.25) is 5.88 Å². The zero-order valence-corrected chi connectivity index (χ0v) is 7.69. The van der Waals surface area contributed by atoms with Crippen molar-refractivity contribution >= 4 is 5.97 Å². The lowest BCUT2D eigenvalue weighted by Gasteiger charge is -2.04. The number of aryl methyl sites for hydroxylation is 1. The summed E-state index contributed by atoms with van der Waals surface area (Å²) < 4.78 is 11.3. The molecule has 0 atom stereocenters. The second-order valence-electron chi connectivity index (χ2n) is 2.39. The molecule has 0 aliphatic rings. The minimum absolute atomic E-state index is 0.0760. The summed E-state index contributed by atoms with van der Waals surface area (Å²) in [5.74, 6) is 0.178. The van der Waals surface area contributed by atoms with Crippen LogP contribution in [0.4, 0.5) is 0 Å². The van der Waals surface area contributed by atoms with Crippen LogP contribution in [0.2, 0.25) is 0 Å². The molecular weight excluding hydrogens is 172 g/mol. The number of carbonyl (C=O) groups is 1. The van der Waals surface area contributed by atoms with Crippen LogP contribution in [0.3, 0.4) is 0 Å². The number of esters is 1. The van der Waals surface area contributed by atoms with Gasteiger partial charge in [-0.05, 0) is 6.92 Å². The lowest BCUT2D eigenvalue weighted by Crippen LogP contribution is -2.15. The summed E-state index contributed by atoms with van der Waals surface area (Å²) in [6.07, 6.45) is 1.60. The summed E-state index contributed by atoms with van der Waals surface area (Å²) in [4.78, 5) is 10.9. The molecule has 13 heavy (non-hydrogen) atoms. The van der Waals surface area contributed by atoms with Gasteiger partial charge in [0.25, 0.3) is 0 Å². The van der Waals surface area contributed by atoms with E-state index in [1.54, 1.807) is 30.9 Å². The van der Waals surface area contributed by atoms with Crippen LogP contribution in [0.5, 0.6) is 5.88 Å². The Bertz CT molecular complexity index is 283. The van der Waals surface area contributed by atoms with Crippen molar-refractivity contribution in [3.63, 3.8) is 0 Å². The molecule has 0 aromatic carbocycles. The Morgan fingerprint density at radius 1 is 1.69 bits per heavy atom. The van der Waals surface area contributed by atoms with Gasteiger partial charge >= 0.3 is 5.97 Å². The van der Waals surface area contributed by atoms with E-state index in [4.69, 9.17) is 4.74 Å². The maximum absolute atomic E-state index is 10.9. The van der Waals surface area contributed by atoms with E-state index in [0.717, 1.165) is 0 Å². The van der Waals surface area contributed by atoms with Gasteiger partial charge in [0.1, 0.15) is 0 Å². The smallest absolute Gasteiger partial charge is 0.344 e. The van der Waals surface area contributed by atoms with Crippen molar-refractivity contribution in [2.45, 2.75) is 6.92 Å².